The second-order valence-electron chi connectivity index (χ2n) is 6.53. The van der Waals surface area contributed by atoms with E-state index in [2.05, 4.69) is 12.6 Å². The van der Waals surface area contributed by atoms with Crippen LogP contribution in [0.15, 0.2) is 72.6 Å². The number of hydrogen-bond acceptors (Lipinski definition) is 6. The molecule has 1 aromatic carbocycles. The standard InChI is InChI=1S/C24H25NO5/c1-2-23(26)29-17-6-4-3-5-16-28-21-14-11-20(12-15-21)24(27)30-22-9-7-8-19(18-25)10-13-22/h2,7,9-15H,1,3-6,8,16-17H2. The predicted octanol–water partition coefficient (Wildman–Crippen LogP) is 4.81. The molecule has 1 aliphatic carbocycles. The van der Waals surface area contributed by atoms with Crippen molar-refractivity contribution in [3.63, 3.8) is 0 Å². The van der Waals surface area contributed by atoms with Crippen LogP contribution in [0.4, 0.5) is 0 Å². The number of ether oxygens (including phenoxy) is 3. The fourth-order valence-electron chi connectivity index (χ4n) is 2.59. The van der Waals surface area contributed by atoms with Crippen molar-refractivity contribution in [2.75, 3.05) is 13.2 Å². The molecule has 30 heavy (non-hydrogen) atoms. The maximum Gasteiger partial charge on any atom is 0.343 e. The molecule has 0 saturated carbocycles. The first kappa shape index (κ1) is 22.7. The summed E-state index contributed by atoms with van der Waals surface area (Å²) in [5.74, 6) is 0.216. The fraction of sp³-hybridized carbons (Fsp3) is 0.292. The van der Waals surface area contributed by atoms with E-state index in [1.165, 1.54) is 0 Å². The van der Waals surface area contributed by atoms with Crippen molar-refractivity contribution in [1.29, 1.82) is 5.26 Å². The summed E-state index contributed by atoms with van der Waals surface area (Å²) in [7, 11) is 0. The molecule has 0 bridgehead atoms. The van der Waals surface area contributed by atoms with Crippen molar-refractivity contribution >= 4 is 11.9 Å². The average molecular weight is 407 g/mol. The van der Waals surface area contributed by atoms with E-state index >= 15 is 0 Å². The third-order valence-corrected chi connectivity index (χ3v) is 4.23. The maximum atomic E-state index is 12.3. The van der Waals surface area contributed by atoms with Crippen LogP contribution in [0, 0.1) is 11.3 Å². The molecule has 1 aromatic rings. The molecule has 6 heteroatoms. The van der Waals surface area contributed by atoms with Crippen molar-refractivity contribution in [3.8, 4) is 11.8 Å². The molecule has 0 atom stereocenters. The van der Waals surface area contributed by atoms with E-state index in [1.54, 1.807) is 48.6 Å². The van der Waals surface area contributed by atoms with Gasteiger partial charge in [-0.05, 0) is 68.2 Å². The summed E-state index contributed by atoms with van der Waals surface area (Å²) >= 11 is 0. The third-order valence-electron chi connectivity index (χ3n) is 4.23. The van der Waals surface area contributed by atoms with Crippen molar-refractivity contribution in [2.45, 2.75) is 32.1 Å². The number of carbonyl (C=O) groups excluding carboxylic acids is 2. The Labute approximate surface area is 176 Å². The van der Waals surface area contributed by atoms with E-state index < -0.39 is 11.9 Å². The van der Waals surface area contributed by atoms with Crippen LogP contribution in [-0.2, 0) is 14.3 Å². The van der Waals surface area contributed by atoms with Gasteiger partial charge in [0.2, 0.25) is 0 Å². The Balaban J connectivity index is 1.68. The highest BCUT2D eigenvalue weighted by Gasteiger charge is 2.10. The van der Waals surface area contributed by atoms with Crippen LogP contribution in [0.25, 0.3) is 0 Å². The second kappa shape index (κ2) is 12.8. The number of benzene rings is 1. The first-order valence-corrected chi connectivity index (χ1v) is 9.84. The molecule has 0 heterocycles. The van der Waals surface area contributed by atoms with Gasteiger partial charge >= 0.3 is 11.9 Å². The van der Waals surface area contributed by atoms with Crippen molar-refractivity contribution in [1.82, 2.24) is 0 Å². The Morgan fingerprint density at radius 2 is 1.80 bits per heavy atom. The largest absolute Gasteiger partial charge is 0.494 e. The van der Waals surface area contributed by atoms with Gasteiger partial charge in [0.05, 0.1) is 24.8 Å². The molecule has 0 amide bonds. The predicted molar refractivity (Wildman–Crippen MR) is 113 cm³/mol. The number of nitriles is 1. The average Bonchev–Trinajstić information content (AvgIpc) is 3.00. The van der Waals surface area contributed by atoms with E-state index in [0.29, 0.717) is 42.3 Å². The number of hydrogen-bond donors (Lipinski definition) is 0. The molecule has 0 fully saturated rings. The van der Waals surface area contributed by atoms with Crippen molar-refractivity contribution in [3.05, 3.63) is 78.1 Å². The number of nitrogens with zero attached hydrogens (tertiary/aromatic N) is 1. The third kappa shape index (κ3) is 8.19. The van der Waals surface area contributed by atoms with E-state index in [1.807, 2.05) is 0 Å². The zero-order valence-corrected chi connectivity index (χ0v) is 16.8. The zero-order valence-electron chi connectivity index (χ0n) is 16.8. The fourth-order valence-corrected chi connectivity index (χ4v) is 2.59. The summed E-state index contributed by atoms with van der Waals surface area (Å²) in [6.45, 7) is 4.32. The SMILES string of the molecule is C=CC(=O)OCCCCCCOc1ccc(C(=O)OC2=CC=C(C#N)CC=C2)cc1. The number of unbranched alkanes of at least 4 members (excludes halogenated alkanes) is 3. The number of esters is 2. The normalized spacial score (nSPS) is 12.6. The van der Waals surface area contributed by atoms with Crippen LogP contribution < -0.4 is 4.74 Å². The minimum Gasteiger partial charge on any atom is -0.494 e. The van der Waals surface area contributed by atoms with Gasteiger partial charge in [-0.3, -0.25) is 0 Å². The second-order valence-corrected chi connectivity index (χ2v) is 6.53. The van der Waals surface area contributed by atoms with Gasteiger partial charge in [0, 0.05) is 18.1 Å². The Kier molecular flexibility index (Phi) is 9.67. The van der Waals surface area contributed by atoms with Gasteiger partial charge in [-0.1, -0.05) is 12.7 Å². The van der Waals surface area contributed by atoms with Crippen LogP contribution in [-0.4, -0.2) is 25.2 Å². The van der Waals surface area contributed by atoms with Crippen molar-refractivity contribution in [2.24, 2.45) is 0 Å². The maximum absolute atomic E-state index is 12.3. The van der Waals surface area contributed by atoms with Gasteiger partial charge in [0.25, 0.3) is 0 Å². The molecule has 0 saturated heterocycles. The lowest BCUT2D eigenvalue weighted by Crippen LogP contribution is -2.04. The minimum absolute atomic E-state index is 0.391. The van der Waals surface area contributed by atoms with Gasteiger partial charge in [0.1, 0.15) is 11.5 Å². The summed E-state index contributed by atoms with van der Waals surface area (Å²) in [5, 5.41) is 8.92. The van der Waals surface area contributed by atoms with Crippen LogP contribution in [0.2, 0.25) is 0 Å². The molecule has 0 aromatic heterocycles. The van der Waals surface area contributed by atoms with Crippen molar-refractivity contribution < 1.29 is 23.8 Å². The Morgan fingerprint density at radius 1 is 1.07 bits per heavy atom. The highest BCUT2D eigenvalue weighted by atomic mass is 16.5. The highest BCUT2D eigenvalue weighted by molar-refractivity contribution is 5.90. The summed E-state index contributed by atoms with van der Waals surface area (Å²) in [5.41, 5.74) is 1.02. The molecule has 2 rings (SSSR count). The van der Waals surface area contributed by atoms with Gasteiger partial charge < -0.3 is 14.2 Å². The molecule has 0 radical (unpaired) electrons. The summed E-state index contributed by atoms with van der Waals surface area (Å²) < 4.78 is 16.0. The van der Waals surface area contributed by atoms with E-state index in [0.717, 1.165) is 31.8 Å². The molecular formula is C24H25NO5. The Morgan fingerprint density at radius 3 is 2.50 bits per heavy atom. The molecule has 0 N–H and O–H groups in total. The molecule has 1 aliphatic rings. The first-order valence-electron chi connectivity index (χ1n) is 9.84. The number of carbonyl (C=O) groups is 2. The molecule has 0 aliphatic heterocycles. The highest BCUT2D eigenvalue weighted by Crippen LogP contribution is 2.17. The molecule has 156 valence electrons. The summed E-state index contributed by atoms with van der Waals surface area (Å²) in [4.78, 5) is 23.2. The van der Waals surface area contributed by atoms with Gasteiger partial charge in [0.15, 0.2) is 0 Å². The number of allylic oxidation sites excluding steroid dienone is 5. The lowest BCUT2D eigenvalue weighted by atomic mass is 10.2. The topological polar surface area (TPSA) is 85.6 Å². The van der Waals surface area contributed by atoms with Crippen LogP contribution in [0.5, 0.6) is 5.75 Å². The van der Waals surface area contributed by atoms with Crippen LogP contribution in [0.3, 0.4) is 0 Å². The number of rotatable bonds is 11. The summed E-state index contributed by atoms with van der Waals surface area (Å²) in [6, 6.07) is 8.86. The van der Waals surface area contributed by atoms with Crippen LogP contribution >= 0.6 is 0 Å². The van der Waals surface area contributed by atoms with Crippen LogP contribution in [0.1, 0.15) is 42.5 Å². The smallest absolute Gasteiger partial charge is 0.343 e. The lowest BCUT2D eigenvalue weighted by Gasteiger charge is -2.08. The monoisotopic (exact) mass is 407 g/mol. The van der Waals surface area contributed by atoms with Gasteiger partial charge in [-0.2, -0.15) is 5.26 Å². The quantitative estimate of drug-likeness (QED) is 0.297. The van der Waals surface area contributed by atoms with E-state index in [4.69, 9.17) is 19.5 Å². The first-order chi connectivity index (χ1) is 14.6. The molecule has 0 unspecified atom stereocenters. The van der Waals surface area contributed by atoms with Gasteiger partial charge in [-0.25, -0.2) is 9.59 Å². The van der Waals surface area contributed by atoms with Gasteiger partial charge in [-0.15, -0.1) is 0 Å². The molecular weight excluding hydrogens is 382 g/mol. The minimum atomic E-state index is -0.469. The zero-order chi connectivity index (χ0) is 21.6. The molecule has 6 nitrogen and oxygen atoms in total. The Hall–Kier alpha value is -3.59. The van der Waals surface area contributed by atoms with E-state index in [9.17, 15) is 9.59 Å². The molecule has 0 spiro atoms. The Bertz CT molecular complexity index is 872. The lowest BCUT2D eigenvalue weighted by molar-refractivity contribution is -0.137. The van der Waals surface area contributed by atoms with E-state index in [-0.39, 0.29) is 0 Å². The summed E-state index contributed by atoms with van der Waals surface area (Å²) in [6.07, 6.45) is 12.0.